The number of aromatic nitrogens is 1. The van der Waals surface area contributed by atoms with Crippen molar-refractivity contribution in [3.05, 3.63) is 36.5 Å². The fraction of sp³-hybridized carbons (Fsp3) is 0.100. The van der Waals surface area contributed by atoms with Crippen molar-refractivity contribution in [3.63, 3.8) is 0 Å². The standard InChI is InChI=1S/C8H7N.C2H5NO2/c1-2-4-8-7(3-1)5-6-9-8;3-1-2(4)5/h1-6,9H;1,3H2,(H,4,5). The number of carboxylic acid groups (broad SMARTS) is 1. The lowest BCUT2D eigenvalue weighted by Gasteiger charge is -1.83. The molecule has 0 saturated carbocycles. The summed E-state index contributed by atoms with van der Waals surface area (Å²) in [5.74, 6) is -0.968. The minimum absolute atomic E-state index is 0.278. The number of rotatable bonds is 1. The number of H-pyrrole nitrogens is 1. The normalized spacial score (nSPS) is 9.21. The molecule has 4 nitrogen and oxygen atoms in total. The van der Waals surface area contributed by atoms with Gasteiger partial charge in [0.05, 0.1) is 6.54 Å². The summed E-state index contributed by atoms with van der Waals surface area (Å²) < 4.78 is 0. The number of hydrogen-bond acceptors (Lipinski definition) is 2. The molecule has 0 unspecified atom stereocenters. The maximum absolute atomic E-state index is 9.24. The van der Waals surface area contributed by atoms with Crippen LogP contribution in [0.4, 0.5) is 0 Å². The molecule has 0 fully saturated rings. The molecule has 0 bridgehead atoms. The number of benzene rings is 1. The van der Waals surface area contributed by atoms with Gasteiger partial charge in [-0.3, -0.25) is 4.79 Å². The lowest BCUT2D eigenvalue weighted by molar-refractivity contribution is -0.135. The van der Waals surface area contributed by atoms with E-state index in [9.17, 15) is 4.79 Å². The molecule has 0 amide bonds. The topological polar surface area (TPSA) is 79.1 Å². The van der Waals surface area contributed by atoms with Crippen molar-refractivity contribution in [2.24, 2.45) is 5.73 Å². The number of aliphatic carboxylic acids is 1. The zero-order valence-electron chi connectivity index (χ0n) is 7.60. The highest BCUT2D eigenvalue weighted by atomic mass is 16.4. The molecule has 0 aliphatic carbocycles. The SMILES string of the molecule is NCC(=O)O.c1ccc2[nH]ccc2c1. The van der Waals surface area contributed by atoms with E-state index in [4.69, 9.17) is 5.11 Å². The second-order valence-electron chi connectivity index (χ2n) is 2.66. The van der Waals surface area contributed by atoms with E-state index < -0.39 is 5.97 Å². The average molecular weight is 192 g/mol. The van der Waals surface area contributed by atoms with Crippen LogP contribution in [0.25, 0.3) is 10.9 Å². The van der Waals surface area contributed by atoms with Gasteiger partial charge in [0.1, 0.15) is 0 Å². The summed E-state index contributed by atoms with van der Waals surface area (Å²) in [6.45, 7) is -0.278. The summed E-state index contributed by atoms with van der Waals surface area (Å²) in [6, 6.07) is 10.3. The highest BCUT2D eigenvalue weighted by Gasteiger charge is 1.86. The maximum Gasteiger partial charge on any atom is 0.317 e. The largest absolute Gasteiger partial charge is 0.480 e. The molecule has 0 aliphatic rings. The van der Waals surface area contributed by atoms with Crippen LogP contribution >= 0.6 is 0 Å². The highest BCUT2D eigenvalue weighted by molar-refractivity contribution is 5.78. The van der Waals surface area contributed by atoms with Crippen LogP contribution in [0.1, 0.15) is 0 Å². The van der Waals surface area contributed by atoms with Crippen molar-refractivity contribution in [3.8, 4) is 0 Å². The third kappa shape index (κ3) is 2.91. The number of aromatic amines is 1. The van der Waals surface area contributed by atoms with Crippen LogP contribution in [0.5, 0.6) is 0 Å². The second-order valence-corrected chi connectivity index (χ2v) is 2.66. The number of hydrogen-bond donors (Lipinski definition) is 3. The minimum atomic E-state index is -0.968. The van der Waals surface area contributed by atoms with Crippen LogP contribution in [-0.2, 0) is 4.79 Å². The summed E-state index contributed by atoms with van der Waals surface area (Å²) in [4.78, 5) is 12.4. The molecule has 4 N–H and O–H groups in total. The zero-order valence-corrected chi connectivity index (χ0v) is 7.60. The van der Waals surface area contributed by atoms with E-state index in [1.165, 1.54) is 10.9 Å². The molecule has 2 rings (SSSR count). The number of para-hydroxylation sites is 1. The Labute approximate surface area is 81.4 Å². The molecule has 4 heteroatoms. The summed E-state index contributed by atoms with van der Waals surface area (Å²) in [5, 5.41) is 8.87. The summed E-state index contributed by atoms with van der Waals surface area (Å²) in [6.07, 6.45) is 1.95. The van der Waals surface area contributed by atoms with Gasteiger partial charge in [0.15, 0.2) is 0 Å². The second kappa shape index (κ2) is 5.04. The minimum Gasteiger partial charge on any atom is -0.480 e. The molecule has 0 saturated heterocycles. The zero-order chi connectivity index (χ0) is 10.4. The van der Waals surface area contributed by atoms with E-state index in [0.717, 1.165) is 0 Å². The molecule has 74 valence electrons. The number of carbonyl (C=O) groups is 1. The van der Waals surface area contributed by atoms with Gasteiger partial charge in [-0.25, -0.2) is 0 Å². The molecule has 14 heavy (non-hydrogen) atoms. The number of carboxylic acids is 1. The first-order valence-electron chi connectivity index (χ1n) is 4.18. The van der Waals surface area contributed by atoms with Crippen molar-refractivity contribution in [2.45, 2.75) is 0 Å². The van der Waals surface area contributed by atoms with E-state index in [-0.39, 0.29) is 6.54 Å². The predicted octanol–water partition coefficient (Wildman–Crippen LogP) is 1.20. The van der Waals surface area contributed by atoms with Crippen LogP contribution < -0.4 is 5.73 Å². The van der Waals surface area contributed by atoms with Crippen LogP contribution in [-0.4, -0.2) is 22.6 Å². The van der Waals surface area contributed by atoms with Gasteiger partial charge in [0, 0.05) is 11.7 Å². The van der Waals surface area contributed by atoms with E-state index in [1.54, 1.807) is 0 Å². The molecule has 0 aliphatic heterocycles. The Morgan fingerprint density at radius 1 is 1.36 bits per heavy atom. The number of nitrogens with one attached hydrogen (secondary N) is 1. The van der Waals surface area contributed by atoms with Gasteiger partial charge in [-0.15, -0.1) is 0 Å². The van der Waals surface area contributed by atoms with Gasteiger partial charge in [-0.1, -0.05) is 18.2 Å². The summed E-state index contributed by atoms with van der Waals surface area (Å²) in [7, 11) is 0. The fourth-order valence-corrected chi connectivity index (χ4v) is 0.995. The Hall–Kier alpha value is -1.81. The van der Waals surface area contributed by atoms with Crippen LogP contribution in [0, 0.1) is 0 Å². The van der Waals surface area contributed by atoms with Crippen molar-refractivity contribution in [1.82, 2.24) is 4.98 Å². The Morgan fingerprint density at radius 2 is 2.00 bits per heavy atom. The van der Waals surface area contributed by atoms with Crippen LogP contribution in [0.2, 0.25) is 0 Å². The third-order valence-electron chi connectivity index (χ3n) is 1.64. The molecular formula is C10H12N2O2. The number of nitrogens with two attached hydrogens (primary N) is 1. The molecule has 1 aromatic carbocycles. The van der Waals surface area contributed by atoms with Gasteiger partial charge in [-0.2, -0.15) is 0 Å². The van der Waals surface area contributed by atoms with E-state index in [2.05, 4.69) is 28.9 Å². The molecule has 2 aromatic rings. The molecule has 0 spiro atoms. The first kappa shape index (κ1) is 10.3. The highest BCUT2D eigenvalue weighted by Crippen LogP contribution is 2.09. The Bertz CT molecular complexity index is 379. The average Bonchev–Trinajstić information content (AvgIpc) is 2.66. The lowest BCUT2D eigenvalue weighted by atomic mass is 10.3. The summed E-state index contributed by atoms with van der Waals surface area (Å²) in [5.41, 5.74) is 5.78. The van der Waals surface area contributed by atoms with Gasteiger partial charge in [0.25, 0.3) is 0 Å². The van der Waals surface area contributed by atoms with Crippen molar-refractivity contribution >= 4 is 16.9 Å². The van der Waals surface area contributed by atoms with Gasteiger partial charge >= 0.3 is 5.97 Å². The number of fused-ring (bicyclic) bond motifs is 1. The van der Waals surface area contributed by atoms with Crippen LogP contribution in [0.3, 0.4) is 0 Å². The van der Waals surface area contributed by atoms with E-state index >= 15 is 0 Å². The molecule has 0 radical (unpaired) electrons. The molecule has 1 aromatic heterocycles. The molecule has 1 heterocycles. The van der Waals surface area contributed by atoms with Gasteiger partial charge < -0.3 is 15.8 Å². The molecular weight excluding hydrogens is 180 g/mol. The van der Waals surface area contributed by atoms with E-state index in [0.29, 0.717) is 0 Å². The quantitative estimate of drug-likeness (QED) is 0.635. The third-order valence-corrected chi connectivity index (χ3v) is 1.64. The first-order chi connectivity index (χ1) is 6.74. The van der Waals surface area contributed by atoms with Gasteiger partial charge in [-0.05, 0) is 17.5 Å². The van der Waals surface area contributed by atoms with Crippen molar-refractivity contribution in [1.29, 1.82) is 0 Å². The van der Waals surface area contributed by atoms with Crippen molar-refractivity contribution in [2.75, 3.05) is 6.54 Å². The monoisotopic (exact) mass is 192 g/mol. The van der Waals surface area contributed by atoms with E-state index in [1.807, 2.05) is 18.3 Å². The van der Waals surface area contributed by atoms with Crippen molar-refractivity contribution < 1.29 is 9.90 Å². The van der Waals surface area contributed by atoms with Gasteiger partial charge in [0.2, 0.25) is 0 Å². The lowest BCUT2D eigenvalue weighted by Crippen LogP contribution is -2.10. The Morgan fingerprint density at radius 3 is 2.57 bits per heavy atom. The smallest absolute Gasteiger partial charge is 0.317 e. The molecule has 0 atom stereocenters. The van der Waals surface area contributed by atoms with Crippen LogP contribution in [0.15, 0.2) is 36.5 Å². The summed E-state index contributed by atoms with van der Waals surface area (Å²) >= 11 is 0. The Balaban J connectivity index is 0.000000171. The first-order valence-corrected chi connectivity index (χ1v) is 4.18. The Kier molecular flexibility index (Phi) is 3.69. The maximum atomic E-state index is 9.24. The fourth-order valence-electron chi connectivity index (χ4n) is 0.995. The predicted molar refractivity (Wildman–Crippen MR) is 55.0 cm³/mol.